The molecule has 2 aromatic carbocycles. The van der Waals surface area contributed by atoms with Crippen LogP contribution in [0.2, 0.25) is 0 Å². The number of fused-ring (bicyclic) bond motifs is 1. The van der Waals surface area contributed by atoms with Crippen molar-refractivity contribution in [3.05, 3.63) is 59.7 Å². The van der Waals surface area contributed by atoms with Crippen LogP contribution in [0.1, 0.15) is 30.9 Å². The molecule has 6 nitrogen and oxygen atoms in total. The van der Waals surface area contributed by atoms with E-state index in [1.807, 2.05) is 24.3 Å². The monoisotopic (exact) mass is 371 g/mol. The zero-order chi connectivity index (χ0) is 18.6. The van der Waals surface area contributed by atoms with E-state index in [0.29, 0.717) is 5.56 Å². The molecule has 0 fully saturated rings. The number of hydrogen-bond donors (Lipinski definition) is 2. The summed E-state index contributed by atoms with van der Waals surface area (Å²) in [6.07, 6.45) is 2.27. The third-order valence-corrected chi connectivity index (χ3v) is 5.44. The van der Waals surface area contributed by atoms with Gasteiger partial charge >= 0.3 is 0 Å². The molecule has 0 saturated heterocycles. The lowest BCUT2D eigenvalue weighted by Crippen LogP contribution is -2.23. The van der Waals surface area contributed by atoms with E-state index in [2.05, 4.69) is 22.0 Å². The summed E-state index contributed by atoms with van der Waals surface area (Å²) >= 11 is 0. The molecule has 1 amide bonds. The fourth-order valence-corrected chi connectivity index (χ4v) is 4.04. The van der Waals surface area contributed by atoms with Gasteiger partial charge in [0.05, 0.1) is 11.4 Å². The van der Waals surface area contributed by atoms with E-state index < -0.39 is 10.0 Å². The van der Waals surface area contributed by atoms with E-state index in [1.165, 1.54) is 11.6 Å². The molecule has 0 spiro atoms. The van der Waals surface area contributed by atoms with Crippen molar-refractivity contribution in [2.45, 2.75) is 31.1 Å². The second kappa shape index (κ2) is 7.70. The predicted octanol–water partition coefficient (Wildman–Crippen LogP) is 2.71. The number of carbonyl (C=O) groups excluding carboxylic acids is 1. The lowest BCUT2D eigenvalue weighted by atomic mass is 10.1. The molecule has 26 heavy (non-hydrogen) atoms. The first kappa shape index (κ1) is 18.1. The Bertz CT molecular complexity index is 935. The topological polar surface area (TPSA) is 87.6 Å². The van der Waals surface area contributed by atoms with Crippen molar-refractivity contribution < 1.29 is 13.2 Å². The first-order valence-corrected chi connectivity index (χ1v) is 10.0. The molecule has 0 radical (unpaired) electrons. The second-order valence-corrected chi connectivity index (χ2v) is 7.73. The standard InChI is InChI=1S/C19H21N3O3S/c1-2-5-14-8-10-15(11-9-14)21-18(23)12-13-20-19-16-6-3-4-7-17(16)26(24,25)22-19/h3-4,6-11H,2,5,12-13H2,1H3,(H,20,22)(H,21,23). The van der Waals surface area contributed by atoms with E-state index in [1.54, 1.807) is 18.2 Å². The highest BCUT2D eigenvalue weighted by molar-refractivity contribution is 7.90. The lowest BCUT2D eigenvalue weighted by molar-refractivity contribution is -0.116. The van der Waals surface area contributed by atoms with Gasteiger partial charge in [-0.3, -0.25) is 14.5 Å². The molecule has 0 atom stereocenters. The number of aliphatic imine (C=N–C) groups is 1. The predicted molar refractivity (Wildman–Crippen MR) is 102 cm³/mol. The average molecular weight is 371 g/mol. The Morgan fingerprint density at radius 3 is 2.58 bits per heavy atom. The van der Waals surface area contributed by atoms with Crippen molar-refractivity contribution in [3.8, 4) is 0 Å². The van der Waals surface area contributed by atoms with Crippen LogP contribution in [0.5, 0.6) is 0 Å². The molecule has 3 rings (SSSR count). The second-order valence-electron chi connectivity index (χ2n) is 6.08. The van der Waals surface area contributed by atoms with E-state index in [4.69, 9.17) is 0 Å². The molecule has 136 valence electrons. The molecule has 1 aliphatic rings. The number of benzene rings is 2. The number of nitrogens with zero attached hydrogens (tertiary/aromatic N) is 1. The first-order chi connectivity index (χ1) is 12.5. The van der Waals surface area contributed by atoms with Gasteiger partial charge in [0.1, 0.15) is 5.84 Å². The summed E-state index contributed by atoms with van der Waals surface area (Å²) in [5.41, 5.74) is 2.53. The zero-order valence-corrected chi connectivity index (χ0v) is 15.3. The third kappa shape index (κ3) is 4.11. The Balaban J connectivity index is 1.58. The van der Waals surface area contributed by atoms with Crippen molar-refractivity contribution in [3.63, 3.8) is 0 Å². The van der Waals surface area contributed by atoms with E-state index in [0.717, 1.165) is 18.5 Å². The Hall–Kier alpha value is -2.67. The quantitative estimate of drug-likeness (QED) is 0.818. The van der Waals surface area contributed by atoms with Gasteiger partial charge < -0.3 is 5.32 Å². The molecule has 2 N–H and O–H groups in total. The van der Waals surface area contributed by atoms with Gasteiger partial charge in [0.25, 0.3) is 10.0 Å². The van der Waals surface area contributed by atoms with Crippen LogP contribution in [0.25, 0.3) is 0 Å². The maximum atomic E-state index is 12.1. The Kier molecular flexibility index (Phi) is 5.37. The van der Waals surface area contributed by atoms with Gasteiger partial charge in [-0.25, -0.2) is 8.42 Å². The van der Waals surface area contributed by atoms with Crippen LogP contribution in [0.15, 0.2) is 58.4 Å². The Labute approximate surface area is 153 Å². The average Bonchev–Trinajstić information content (AvgIpc) is 2.88. The smallest absolute Gasteiger partial charge is 0.263 e. The number of anilines is 1. The van der Waals surface area contributed by atoms with Crippen molar-refractivity contribution in [2.75, 3.05) is 11.9 Å². The number of carbonyl (C=O) groups is 1. The highest BCUT2D eigenvalue weighted by atomic mass is 32.2. The Morgan fingerprint density at radius 2 is 1.85 bits per heavy atom. The van der Waals surface area contributed by atoms with E-state index in [9.17, 15) is 13.2 Å². The molecule has 1 heterocycles. The van der Waals surface area contributed by atoms with Crippen LogP contribution in [-0.4, -0.2) is 26.7 Å². The summed E-state index contributed by atoms with van der Waals surface area (Å²) in [6, 6.07) is 14.4. The number of amides is 1. The van der Waals surface area contributed by atoms with Crippen LogP contribution in [0.4, 0.5) is 5.69 Å². The fraction of sp³-hybridized carbons (Fsp3) is 0.263. The highest BCUT2D eigenvalue weighted by Crippen LogP contribution is 2.22. The molecule has 0 unspecified atom stereocenters. The van der Waals surface area contributed by atoms with Crippen LogP contribution in [0.3, 0.4) is 0 Å². The molecule has 0 saturated carbocycles. The van der Waals surface area contributed by atoms with Crippen molar-refractivity contribution >= 4 is 27.5 Å². The van der Waals surface area contributed by atoms with Crippen LogP contribution in [0, 0.1) is 0 Å². The largest absolute Gasteiger partial charge is 0.326 e. The molecule has 0 bridgehead atoms. The number of nitrogens with one attached hydrogen (secondary N) is 2. The molecule has 0 aromatic heterocycles. The van der Waals surface area contributed by atoms with Crippen molar-refractivity contribution in [1.29, 1.82) is 0 Å². The number of rotatable bonds is 6. The molecule has 2 aromatic rings. The van der Waals surface area contributed by atoms with Crippen LogP contribution < -0.4 is 10.0 Å². The minimum Gasteiger partial charge on any atom is -0.326 e. The molecular weight excluding hydrogens is 350 g/mol. The van der Waals surface area contributed by atoms with Crippen LogP contribution in [-0.2, 0) is 21.2 Å². The lowest BCUT2D eigenvalue weighted by Gasteiger charge is -2.06. The van der Waals surface area contributed by atoms with Crippen LogP contribution >= 0.6 is 0 Å². The number of amidine groups is 1. The highest BCUT2D eigenvalue weighted by Gasteiger charge is 2.29. The van der Waals surface area contributed by atoms with Gasteiger partial charge in [-0.2, -0.15) is 0 Å². The normalized spacial score (nSPS) is 16.1. The van der Waals surface area contributed by atoms with Gasteiger partial charge in [-0.15, -0.1) is 0 Å². The Morgan fingerprint density at radius 1 is 1.12 bits per heavy atom. The van der Waals surface area contributed by atoms with Crippen molar-refractivity contribution in [2.24, 2.45) is 4.99 Å². The third-order valence-electron chi connectivity index (χ3n) is 4.05. The SMILES string of the molecule is CCCc1ccc(NC(=O)CCN=C2NS(=O)(=O)c3ccccc32)cc1. The van der Waals surface area contributed by atoms with Crippen molar-refractivity contribution in [1.82, 2.24) is 4.72 Å². The first-order valence-electron chi connectivity index (χ1n) is 8.55. The minimum absolute atomic E-state index is 0.160. The molecule has 1 aliphatic heterocycles. The summed E-state index contributed by atoms with van der Waals surface area (Å²) in [5, 5.41) is 2.83. The van der Waals surface area contributed by atoms with Gasteiger partial charge in [0.15, 0.2) is 0 Å². The van der Waals surface area contributed by atoms with E-state index in [-0.39, 0.29) is 29.6 Å². The number of sulfonamides is 1. The van der Waals surface area contributed by atoms with E-state index >= 15 is 0 Å². The van der Waals surface area contributed by atoms with Gasteiger partial charge in [0.2, 0.25) is 5.91 Å². The molecule has 0 aliphatic carbocycles. The summed E-state index contributed by atoms with van der Waals surface area (Å²) in [4.78, 5) is 16.5. The summed E-state index contributed by atoms with van der Waals surface area (Å²) in [5.74, 6) is 0.129. The van der Waals surface area contributed by atoms with Gasteiger partial charge in [-0.05, 0) is 36.2 Å². The summed E-state index contributed by atoms with van der Waals surface area (Å²) in [7, 11) is -3.54. The fourth-order valence-electron chi connectivity index (χ4n) is 2.79. The van der Waals surface area contributed by atoms with Gasteiger partial charge in [-0.1, -0.05) is 37.6 Å². The molecule has 7 heteroatoms. The number of hydrogen-bond acceptors (Lipinski definition) is 4. The maximum Gasteiger partial charge on any atom is 0.263 e. The summed E-state index contributed by atoms with van der Waals surface area (Å²) in [6.45, 7) is 2.33. The number of aryl methyl sites for hydroxylation is 1. The van der Waals surface area contributed by atoms with Gasteiger partial charge in [0, 0.05) is 17.7 Å². The molecular formula is C19H21N3O3S. The summed E-state index contributed by atoms with van der Waals surface area (Å²) < 4.78 is 26.4. The zero-order valence-electron chi connectivity index (χ0n) is 14.5. The minimum atomic E-state index is -3.54. The maximum absolute atomic E-state index is 12.1.